The second kappa shape index (κ2) is 5.89. The van der Waals surface area contributed by atoms with Crippen molar-refractivity contribution in [3.8, 4) is 0 Å². The maximum atomic E-state index is 12.2. The lowest BCUT2D eigenvalue weighted by Crippen LogP contribution is -2.45. The number of fused-ring (bicyclic) bond motifs is 1. The van der Waals surface area contributed by atoms with Gasteiger partial charge in [-0.25, -0.2) is 4.79 Å². The Labute approximate surface area is 130 Å². The monoisotopic (exact) mass is 325 g/mol. The van der Waals surface area contributed by atoms with E-state index in [9.17, 15) is 13.2 Å². The Morgan fingerprint density at radius 1 is 1.27 bits per heavy atom. The lowest BCUT2D eigenvalue weighted by Gasteiger charge is -2.30. The van der Waals surface area contributed by atoms with Gasteiger partial charge in [-0.1, -0.05) is 30.3 Å². The Morgan fingerprint density at radius 2 is 2.00 bits per heavy atom. The van der Waals surface area contributed by atoms with Crippen LogP contribution in [0.4, 0.5) is 4.79 Å². The van der Waals surface area contributed by atoms with E-state index in [1.165, 1.54) is 0 Å². The van der Waals surface area contributed by atoms with E-state index in [1.54, 1.807) is 4.90 Å². The predicted octanol–water partition coefficient (Wildman–Crippen LogP) is 1.76. The number of likely N-dealkylation sites (tertiary alicyclic amines) is 1. The zero-order valence-electron chi connectivity index (χ0n) is 12.3. The molecule has 1 heterocycles. The van der Waals surface area contributed by atoms with Gasteiger partial charge in [-0.2, -0.15) is 8.42 Å². The van der Waals surface area contributed by atoms with Gasteiger partial charge in [0.15, 0.2) is 0 Å². The first-order chi connectivity index (χ1) is 10.4. The van der Waals surface area contributed by atoms with E-state index in [0.29, 0.717) is 12.3 Å². The van der Waals surface area contributed by atoms with E-state index in [-0.39, 0.29) is 19.2 Å². The minimum Gasteiger partial charge on any atom is -0.445 e. The van der Waals surface area contributed by atoms with Crippen LogP contribution in [0.1, 0.15) is 18.4 Å². The number of carbonyl (C=O) groups excluding carboxylic acids is 1. The Balaban J connectivity index is 1.57. The first-order valence-corrected chi connectivity index (χ1v) is 9.09. The molecule has 1 saturated carbocycles. The van der Waals surface area contributed by atoms with Crippen LogP contribution in [0.15, 0.2) is 30.3 Å². The summed E-state index contributed by atoms with van der Waals surface area (Å²) < 4.78 is 32.9. The van der Waals surface area contributed by atoms with Gasteiger partial charge >= 0.3 is 6.09 Å². The minimum atomic E-state index is -3.51. The van der Waals surface area contributed by atoms with Crippen LogP contribution in [0.3, 0.4) is 0 Å². The molecular weight excluding hydrogens is 306 g/mol. The number of piperidine rings is 1. The maximum Gasteiger partial charge on any atom is 0.410 e. The molecule has 0 N–H and O–H groups in total. The van der Waals surface area contributed by atoms with Crippen molar-refractivity contribution in [2.45, 2.75) is 31.6 Å². The molecule has 0 bridgehead atoms. The van der Waals surface area contributed by atoms with Crippen LogP contribution in [0.25, 0.3) is 0 Å². The molecule has 120 valence electrons. The van der Waals surface area contributed by atoms with Gasteiger partial charge in [0.1, 0.15) is 6.61 Å². The topological polar surface area (TPSA) is 72.9 Å². The molecule has 7 heteroatoms. The summed E-state index contributed by atoms with van der Waals surface area (Å²) in [6.07, 6.45) is 1.73. The van der Waals surface area contributed by atoms with Crippen molar-refractivity contribution in [2.24, 2.45) is 5.92 Å². The van der Waals surface area contributed by atoms with E-state index in [4.69, 9.17) is 8.92 Å². The summed E-state index contributed by atoms with van der Waals surface area (Å²) in [5.41, 5.74) is 0.921. The number of carbonyl (C=O) groups is 1. The van der Waals surface area contributed by atoms with Crippen molar-refractivity contribution in [3.05, 3.63) is 35.9 Å². The highest BCUT2D eigenvalue weighted by Crippen LogP contribution is 2.44. The zero-order valence-corrected chi connectivity index (χ0v) is 13.2. The highest BCUT2D eigenvalue weighted by atomic mass is 32.2. The van der Waals surface area contributed by atoms with Crippen molar-refractivity contribution in [2.75, 3.05) is 12.8 Å². The molecule has 3 unspecified atom stereocenters. The molecule has 0 aromatic heterocycles. The highest BCUT2D eigenvalue weighted by molar-refractivity contribution is 7.86. The number of nitrogens with zero attached hydrogens (tertiary/aromatic N) is 1. The number of rotatable bonds is 4. The van der Waals surface area contributed by atoms with E-state index in [2.05, 4.69) is 0 Å². The largest absolute Gasteiger partial charge is 0.445 e. The lowest BCUT2D eigenvalue weighted by atomic mass is 10.1. The van der Waals surface area contributed by atoms with Crippen molar-refractivity contribution in [1.82, 2.24) is 4.90 Å². The van der Waals surface area contributed by atoms with Gasteiger partial charge in [0.2, 0.25) is 0 Å². The van der Waals surface area contributed by atoms with Gasteiger partial charge in [-0.15, -0.1) is 0 Å². The summed E-state index contributed by atoms with van der Waals surface area (Å²) in [6.45, 7) is 0.479. The summed E-state index contributed by atoms with van der Waals surface area (Å²) in [5.74, 6) is 0.324. The van der Waals surface area contributed by atoms with Crippen LogP contribution in [0.2, 0.25) is 0 Å². The van der Waals surface area contributed by atoms with E-state index >= 15 is 0 Å². The summed E-state index contributed by atoms with van der Waals surface area (Å²) in [7, 11) is -3.51. The molecule has 1 aliphatic heterocycles. The maximum absolute atomic E-state index is 12.2. The molecule has 1 amide bonds. The summed E-state index contributed by atoms with van der Waals surface area (Å²) in [6, 6.07) is 9.62. The molecule has 3 rings (SSSR count). The average Bonchev–Trinajstić information content (AvgIpc) is 3.22. The number of hydrogen-bond donors (Lipinski definition) is 0. The quantitative estimate of drug-likeness (QED) is 0.789. The number of ether oxygens (including phenoxy) is 1. The molecule has 1 aliphatic carbocycles. The molecule has 1 aromatic carbocycles. The Kier molecular flexibility index (Phi) is 4.10. The molecular formula is C15H19NO5S. The van der Waals surface area contributed by atoms with Crippen molar-refractivity contribution >= 4 is 16.2 Å². The minimum absolute atomic E-state index is 0.169. The van der Waals surface area contributed by atoms with Crippen molar-refractivity contribution < 1.29 is 22.1 Å². The van der Waals surface area contributed by atoms with Crippen LogP contribution in [-0.2, 0) is 25.6 Å². The van der Waals surface area contributed by atoms with Gasteiger partial charge < -0.3 is 9.64 Å². The first-order valence-electron chi connectivity index (χ1n) is 7.28. The average molecular weight is 325 g/mol. The van der Waals surface area contributed by atoms with Crippen LogP contribution in [0, 0.1) is 5.92 Å². The third kappa shape index (κ3) is 3.78. The third-order valence-corrected chi connectivity index (χ3v) is 4.62. The normalized spacial score (nSPS) is 27.1. The number of hydrogen-bond acceptors (Lipinski definition) is 5. The highest BCUT2D eigenvalue weighted by Gasteiger charge is 2.50. The van der Waals surface area contributed by atoms with Gasteiger partial charge in [-0.3, -0.25) is 4.18 Å². The number of benzene rings is 1. The Morgan fingerprint density at radius 3 is 2.68 bits per heavy atom. The molecule has 2 aliphatic rings. The summed E-state index contributed by atoms with van der Waals surface area (Å²) in [5, 5.41) is 0. The molecule has 1 aromatic rings. The fraction of sp³-hybridized carbons (Fsp3) is 0.533. The molecule has 1 saturated heterocycles. The first kappa shape index (κ1) is 15.3. The van der Waals surface area contributed by atoms with Crippen LogP contribution < -0.4 is 0 Å². The van der Waals surface area contributed by atoms with Gasteiger partial charge in [-0.05, 0) is 24.3 Å². The molecule has 22 heavy (non-hydrogen) atoms. The van der Waals surface area contributed by atoms with E-state index in [0.717, 1.165) is 18.2 Å². The fourth-order valence-electron chi connectivity index (χ4n) is 2.96. The molecule has 0 spiro atoms. The Hall–Kier alpha value is -1.60. The fourth-order valence-corrected chi connectivity index (χ4v) is 3.60. The summed E-state index contributed by atoms with van der Waals surface area (Å²) >= 11 is 0. The molecule has 2 fully saturated rings. The third-order valence-electron chi connectivity index (χ3n) is 4.00. The van der Waals surface area contributed by atoms with Gasteiger partial charge in [0.25, 0.3) is 10.1 Å². The standard InChI is InChI=1S/C15H19NO5S/c1-22(18,19)21-13-7-12-8-14(12)16(9-13)15(17)20-10-11-5-3-2-4-6-11/h2-6,12-14H,7-10H2,1H3. The zero-order chi connectivity index (χ0) is 15.7. The smallest absolute Gasteiger partial charge is 0.410 e. The van der Waals surface area contributed by atoms with Gasteiger partial charge in [0.05, 0.1) is 18.9 Å². The Bertz CT molecular complexity index is 645. The second-order valence-corrected chi connectivity index (χ2v) is 7.51. The molecule has 0 radical (unpaired) electrons. The van der Waals surface area contributed by atoms with Crippen molar-refractivity contribution in [3.63, 3.8) is 0 Å². The van der Waals surface area contributed by atoms with Gasteiger partial charge in [0, 0.05) is 6.04 Å². The van der Waals surface area contributed by atoms with Crippen LogP contribution >= 0.6 is 0 Å². The summed E-state index contributed by atoms with van der Waals surface area (Å²) in [4.78, 5) is 13.8. The number of amides is 1. The second-order valence-electron chi connectivity index (χ2n) is 5.91. The van der Waals surface area contributed by atoms with Crippen molar-refractivity contribution in [1.29, 1.82) is 0 Å². The predicted molar refractivity (Wildman–Crippen MR) is 79.6 cm³/mol. The SMILES string of the molecule is CS(=O)(=O)OC1CC2CC2N(C(=O)OCc2ccccc2)C1. The van der Waals surface area contributed by atoms with E-state index < -0.39 is 22.3 Å². The van der Waals surface area contributed by atoms with Crippen LogP contribution in [0.5, 0.6) is 0 Å². The molecule has 6 nitrogen and oxygen atoms in total. The molecule has 3 atom stereocenters. The van der Waals surface area contributed by atoms with Crippen LogP contribution in [-0.4, -0.2) is 44.4 Å². The van der Waals surface area contributed by atoms with E-state index in [1.807, 2.05) is 30.3 Å². The lowest BCUT2D eigenvalue weighted by molar-refractivity contribution is 0.0539.